The molecular weight excluding hydrogens is 286 g/mol. The third-order valence-electron chi connectivity index (χ3n) is 2.98. The number of carbonyl (C=O) groups is 1. The predicted octanol–water partition coefficient (Wildman–Crippen LogP) is 2.99. The highest BCUT2D eigenvalue weighted by molar-refractivity contribution is 7.12. The fraction of sp³-hybridized carbons (Fsp3) is 0.417. The van der Waals surface area contributed by atoms with Gasteiger partial charge in [-0.2, -0.15) is 0 Å². The molecule has 0 N–H and O–H groups in total. The minimum atomic E-state index is -0.414. The van der Waals surface area contributed by atoms with Crippen molar-refractivity contribution in [2.45, 2.75) is 32.4 Å². The Morgan fingerprint density at radius 3 is 3.00 bits per heavy atom. The van der Waals surface area contributed by atoms with Crippen LogP contribution in [0.5, 0.6) is 0 Å². The Hall–Kier alpha value is -1.40. The van der Waals surface area contributed by atoms with Crippen molar-refractivity contribution in [3.8, 4) is 0 Å². The second-order valence-corrected chi connectivity index (χ2v) is 5.76. The summed E-state index contributed by atoms with van der Waals surface area (Å²) in [5, 5.41) is 10.3. The Kier molecular flexibility index (Phi) is 3.28. The first kappa shape index (κ1) is 12.6. The molecule has 0 bridgehead atoms. The van der Waals surface area contributed by atoms with Gasteiger partial charge in [0.1, 0.15) is 10.7 Å². The molecule has 1 fully saturated rings. The highest BCUT2D eigenvalue weighted by Gasteiger charge is 2.28. The maximum atomic E-state index is 11.8. The molecule has 0 spiro atoms. The summed E-state index contributed by atoms with van der Waals surface area (Å²) in [5.74, 6) is 1.15. The highest BCUT2D eigenvalue weighted by atomic mass is 35.5. The molecule has 7 heteroatoms. The summed E-state index contributed by atoms with van der Waals surface area (Å²) in [4.78, 5) is 12.3. The molecule has 0 saturated heterocycles. The fourth-order valence-corrected chi connectivity index (χ4v) is 2.98. The molecule has 0 radical (unpaired) electrons. The predicted molar refractivity (Wildman–Crippen MR) is 71.5 cm³/mol. The van der Waals surface area contributed by atoms with Gasteiger partial charge in [0.05, 0.1) is 5.02 Å². The summed E-state index contributed by atoms with van der Waals surface area (Å²) in [5.41, 5.74) is 0. The SMILES string of the molecule is Cc1nnc(COC(=O)c2sccc2Cl)n1C1CC1. The quantitative estimate of drug-likeness (QED) is 0.814. The Balaban J connectivity index is 1.70. The van der Waals surface area contributed by atoms with Crippen LogP contribution in [0.15, 0.2) is 11.4 Å². The average molecular weight is 298 g/mol. The van der Waals surface area contributed by atoms with Gasteiger partial charge in [-0.15, -0.1) is 21.5 Å². The van der Waals surface area contributed by atoms with Gasteiger partial charge in [-0.3, -0.25) is 0 Å². The standard InChI is InChI=1S/C12H12ClN3O2S/c1-7-14-15-10(16(7)8-2-3-8)6-18-12(17)11-9(13)4-5-19-11/h4-5,8H,2-3,6H2,1H3. The molecule has 19 heavy (non-hydrogen) atoms. The normalized spacial score (nSPS) is 14.6. The van der Waals surface area contributed by atoms with E-state index in [2.05, 4.69) is 10.2 Å². The summed E-state index contributed by atoms with van der Waals surface area (Å²) in [7, 11) is 0. The van der Waals surface area contributed by atoms with Crippen LogP contribution < -0.4 is 0 Å². The smallest absolute Gasteiger partial charge is 0.350 e. The zero-order chi connectivity index (χ0) is 13.4. The number of esters is 1. The molecule has 0 aromatic carbocycles. The van der Waals surface area contributed by atoms with Crippen LogP contribution in [0.2, 0.25) is 5.02 Å². The van der Waals surface area contributed by atoms with Crippen molar-refractivity contribution in [2.75, 3.05) is 0 Å². The Bertz CT molecular complexity index is 618. The fourth-order valence-electron chi connectivity index (χ4n) is 1.95. The lowest BCUT2D eigenvalue weighted by Gasteiger charge is -2.07. The van der Waals surface area contributed by atoms with Crippen LogP contribution >= 0.6 is 22.9 Å². The maximum absolute atomic E-state index is 11.8. The van der Waals surface area contributed by atoms with Crippen LogP contribution in [0.25, 0.3) is 0 Å². The van der Waals surface area contributed by atoms with E-state index in [1.165, 1.54) is 11.3 Å². The zero-order valence-electron chi connectivity index (χ0n) is 10.3. The molecule has 2 heterocycles. The van der Waals surface area contributed by atoms with E-state index in [0.29, 0.717) is 21.8 Å². The molecule has 1 saturated carbocycles. The topological polar surface area (TPSA) is 57.0 Å². The molecule has 100 valence electrons. The summed E-state index contributed by atoms with van der Waals surface area (Å²) < 4.78 is 7.29. The van der Waals surface area contributed by atoms with Gasteiger partial charge in [0.2, 0.25) is 0 Å². The lowest BCUT2D eigenvalue weighted by molar-refractivity contribution is 0.0463. The third kappa shape index (κ3) is 2.50. The molecule has 0 amide bonds. The molecule has 3 rings (SSSR count). The highest BCUT2D eigenvalue weighted by Crippen LogP contribution is 2.36. The van der Waals surface area contributed by atoms with E-state index in [-0.39, 0.29) is 6.61 Å². The third-order valence-corrected chi connectivity index (χ3v) is 4.31. The van der Waals surface area contributed by atoms with Crippen LogP contribution in [0.3, 0.4) is 0 Å². The number of nitrogens with zero attached hydrogens (tertiary/aromatic N) is 3. The van der Waals surface area contributed by atoms with Gasteiger partial charge in [-0.25, -0.2) is 4.79 Å². The number of halogens is 1. The maximum Gasteiger partial charge on any atom is 0.350 e. The van der Waals surface area contributed by atoms with Crippen molar-refractivity contribution < 1.29 is 9.53 Å². The van der Waals surface area contributed by atoms with Crippen LogP contribution in [0.4, 0.5) is 0 Å². The molecule has 2 aromatic rings. The van der Waals surface area contributed by atoms with Gasteiger partial charge in [0.15, 0.2) is 12.4 Å². The first-order chi connectivity index (χ1) is 9.16. The van der Waals surface area contributed by atoms with E-state index in [1.807, 2.05) is 11.5 Å². The van der Waals surface area contributed by atoms with Crippen molar-refractivity contribution in [3.05, 3.63) is 33.0 Å². The molecule has 0 aliphatic heterocycles. The number of thiophene rings is 1. The van der Waals surface area contributed by atoms with Gasteiger partial charge in [-0.05, 0) is 31.2 Å². The van der Waals surface area contributed by atoms with Crippen LogP contribution in [-0.2, 0) is 11.3 Å². The number of hydrogen-bond acceptors (Lipinski definition) is 5. The van der Waals surface area contributed by atoms with E-state index < -0.39 is 5.97 Å². The second kappa shape index (κ2) is 4.94. The molecule has 5 nitrogen and oxygen atoms in total. The van der Waals surface area contributed by atoms with Crippen molar-refractivity contribution in [3.63, 3.8) is 0 Å². The van der Waals surface area contributed by atoms with Crippen LogP contribution in [0.1, 0.15) is 40.2 Å². The number of aromatic nitrogens is 3. The summed E-state index contributed by atoms with van der Waals surface area (Å²) in [6.45, 7) is 2.04. The second-order valence-electron chi connectivity index (χ2n) is 4.44. The van der Waals surface area contributed by atoms with Crippen molar-refractivity contribution in [1.82, 2.24) is 14.8 Å². The molecule has 0 atom stereocenters. The van der Waals surface area contributed by atoms with E-state index in [0.717, 1.165) is 18.7 Å². The lowest BCUT2D eigenvalue weighted by atomic mass is 10.4. The Morgan fingerprint density at radius 2 is 2.37 bits per heavy atom. The number of aryl methyl sites for hydroxylation is 1. The minimum Gasteiger partial charge on any atom is -0.453 e. The summed E-state index contributed by atoms with van der Waals surface area (Å²) in [6, 6.07) is 2.15. The van der Waals surface area contributed by atoms with Crippen LogP contribution in [-0.4, -0.2) is 20.7 Å². The number of rotatable bonds is 4. The van der Waals surface area contributed by atoms with Gasteiger partial charge < -0.3 is 9.30 Å². The van der Waals surface area contributed by atoms with E-state index in [4.69, 9.17) is 16.3 Å². The van der Waals surface area contributed by atoms with Gasteiger partial charge in [-0.1, -0.05) is 11.6 Å². The van der Waals surface area contributed by atoms with E-state index >= 15 is 0 Å². The van der Waals surface area contributed by atoms with Crippen molar-refractivity contribution in [2.24, 2.45) is 0 Å². The van der Waals surface area contributed by atoms with Crippen molar-refractivity contribution in [1.29, 1.82) is 0 Å². The van der Waals surface area contributed by atoms with Gasteiger partial charge in [0.25, 0.3) is 0 Å². The number of carbonyl (C=O) groups excluding carboxylic acids is 1. The number of ether oxygens (including phenoxy) is 1. The minimum absolute atomic E-state index is 0.129. The van der Waals surface area contributed by atoms with Gasteiger partial charge >= 0.3 is 5.97 Å². The lowest BCUT2D eigenvalue weighted by Crippen LogP contribution is -2.09. The average Bonchev–Trinajstić information content (AvgIpc) is 3.02. The van der Waals surface area contributed by atoms with Crippen LogP contribution in [0, 0.1) is 6.92 Å². The number of hydrogen-bond donors (Lipinski definition) is 0. The molecular formula is C12H12ClN3O2S. The molecule has 0 unspecified atom stereocenters. The van der Waals surface area contributed by atoms with E-state index in [9.17, 15) is 4.79 Å². The van der Waals surface area contributed by atoms with E-state index in [1.54, 1.807) is 11.4 Å². The molecule has 1 aliphatic rings. The first-order valence-electron chi connectivity index (χ1n) is 5.97. The Labute approximate surface area is 119 Å². The van der Waals surface area contributed by atoms with Crippen molar-refractivity contribution >= 4 is 28.9 Å². The largest absolute Gasteiger partial charge is 0.453 e. The van der Waals surface area contributed by atoms with Gasteiger partial charge in [0, 0.05) is 6.04 Å². The monoisotopic (exact) mass is 297 g/mol. The zero-order valence-corrected chi connectivity index (χ0v) is 11.9. The Morgan fingerprint density at radius 1 is 1.58 bits per heavy atom. The molecule has 1 aliphatic carbocycles. The molecule has 2 aromatic heterocycles. The summed E-state index contributed by atoms with van der Waals surface area (Å²) >= 11 is 7.16. The summed E-state index contributed by atoms with van der Waals surface area (Å²) in [6.07, 6.45) is 2.27. The first-order valence-corrected chi connectivity index (χ1v) is 7.23.